The van der Waals surface area contributed by atoms with Gasteiger partial charge < -0.3 is 0 Å². The minimum atomic E-state index is -3.74. The molecule has 0 atom stereocenters. The molecule has 2 aromatic rings. The SMILES string of the molecule is CCc1nn(C)c(C)c1CN(C)S(=O)(=O)c1cccc(Cl)c1Cl. The lowest BCUT2D eigenvalue weighted by Gasteiger charge is -2.19. The first-order valence-corrected chi connectivity index (χ1v) is 9.31. The van der Waals surface area contributed by atoms with Crippen LogP contribution in [0.5, 0.6) is 0 Å². The number of hydrogen-bond acceptors (Lipinski definition) is 3. The maximum atomic E-state index is 12.8. The van der Waals surface area contributed by atoms with Gasteiger partial charge in [-0.05, 0) is 25.5 Å². The summed E-state index contributed by atoms with van der Waals surface area (Å²) in [5.74, 6) is 0. The zero-order valence-electron chi connectivity index (χ0n) is 13.5. The van der Waals surface area contributed by atoms with E-state index in [0.29, 0.717) is 0 Å². The number of benzene rings is 1. The molecule has 1 aromatic carbocycles. The van der Waals surface area contributed by atoms with E-state index in [9.17, 15) is 8.42 Å². The van der Waals surface area contributed by atoms with Gasteiger partial charge in [-0.1, -0.05) is 36.2 Å². The van der Waals surface area contributed by atoms with Crippen molar-refractivity contribution < 1.29 is 8.42 Å². The lowest BCUT2D eigenvalue weighted by atomic mass is 10.1. The molecule has 1 heterocycles. The first kappa shape index (κ1) is 18.3. The Morgan fingerprint density at radius 1 is 1.30 bits per heavy atom. The predicted octanol–water partition coefficient (Wildman–Crippen LogP) is 3.42. The van der Waals surface area contributed by atoms with Gasteiger partial charge in [-0.15, -0.1) is 0 Å². The summed E-state index contributed by atoms with van der Waals surface area (Å²) in [6, 6.07) is 4.59. The number of aromatic nitrogens is 2. The number of nitrogens with zero attached hydrogens (tertiary/aromatic N) is 3. The minimum absolute atomic E-state index is 0.00811. The van der Waals surface area contributed by atoms with Crippen LogP contribution in [0.1, 0.15) is 23.9 Å². The second-order valence-corrected chi connectivity index (χ2v) is 8.10. The normalized spacial score (nSPS) is 12.1. The molecule has 126 valence electrons. The van der Waals surface area contributed by atoms with E-state index in [-0.39, 0.29) is 21.5 Å². The van der Waals surface area contributed by atoms with Crippen LogP contribution in [0, 0.1) is 6.92 Å². The lowest BCUT2D eigenvalue weighted by Crippen LogP contribution is -2.27. The van der Waals surface area contributed by atoms with Crippen LogP contribution in [-0.2, 0) is 30.0 Å². The van der Waals surface area contributed by atoms with Gasteiger partial charge >= 0.3 is 0 Å². The third-order valence-corrected chi connectivity index (χ3v) is 6.64. The first-order chi connectivity index (χ1) is 10.7. The molecule has 0 fully saturated rings. The topological polar surface area (TPSA) is 55.2 Å². The number of aryl methyl sites for hydroxylation is 2. The van der Waals surface area contributed by atoms with E-state index < -0.39 is 10.0 Å². The van der Waals surface area contributed by atoms with E-state index in [0.717, 1.165) is 23.4 Å². The van der Waals surface area contributed by atoms with E-state index in [1.165, 1.54) is 17.4 Å². The van der Waals surface area contributed by atoms with Crippen molar-refractivity contribution in [2.75, 3.05) is 7.05 Å². The molecular weight excluding hydrogens is 357 g/mol. The molecule has 1 aromatic heterocycles. The van der Waals surface area contributed by atoms with Gasteiger partial charge in [-0.3, -0.25) is 4.68 Å². The van der Waals surface area contributed by atoms with Gasteiger partial charge in [-0.2, -0.15) is 9.40 Å². The molecular formula is C15H19Cl2N3O2S. The summed E-state index contributed by atoms with van der Waals surface area (Å²) >= 11 is 12.0. The van der Waals surface area contributed by atoms with Crippen molar-refractivity contribution in [1.29, 1.82) is 0 Å². The van der Waals surface area contributed by atoms with Gasteiger partial charge in [0, 0.05) is 31.9 Å². The van der Waals surface area contributed by atoms with E-state index in [2.05, 4.69) is 5.10 Å². The molecule has 23 heavy (non-hydrogen) atoms. The quantitative estimate of drug-likeness (QED) is 0.804. The molecule has 0 unspecified atom stereocenters. The maximum absolute atomic E-state index is 12.8. The van der Waals surface area contributed by atoms with E-state index in [1.807, 2.05) is 20.9 Å². The van der Waals surface area contributed by atoms with Gasteiger partial charge in [0.25, 0.3) is 0 Å². The van der Waals surface area contributed by atoms with Gasteiger partial charge in [0.1, 0.15) is 4.90 Å². The first-order valence-electron chi connectivity index (χ1n) is 7.11. The van der Waals surface area contributed by atoms with Crippen LogP contribution in [0.25, 0.3) is 0 Å². The molecule has 0 saturated heterocycles. The van der Waals surface area contributed by atoms with Crippen molar-refractivity contribution in [1.82, 2.24) is 14.1 Å². The fourth-order valence-electron chi connectivity index (χ4n) is 2.37. The summed E-state index contributed by atoms with van der Waals surface area (Å²) in [4.78, 5) is 0.00811. The Balaban J connectivity index is 2.40. The second-order valence-electron chi connectivity index (χ2n) is 5.30. The summed E-state index contributed by atoms with van der Waals surface area (Å²) in [7, 11) is -0.369. The predicted molar refractivity (Wildman–Crippen MR) is 92.4 cm³/mol. The molecule has 2 rings (SSSR count). The fraction of sp³-hybridized carbons (Fsp3) is 0.400. The maximum Gasteiger partial charge on any atom is 0.244 e. The van der Waals surface area contributed by atoms with E-state index in [1.54, 1.807) is 16.8 Å². The van der Waals surface area contributed by atoms with Crippen molar-refractivity contribution >= 4 is 33.2 Å². The Kier molecular flexibility index (Phi) is 5.41. The van der Waals surface area contributed by atoms with Crippen LogP contribution in [0.3, 0.4) is 0 Å². The van der Waals surface area contributed by atoms with Crippen LogP contribution in [0.15, 0.2) is 23.1 Å². The highest BCUT2D eigenvalue weighted by atomic mass is 35.5. The highest BCUT2D eigenvalue weighted by molar-refractivity contribution is 7.89. The van der Waals surface area contributed by atoms with Gasteiger partial charge in [0.15, 0.2) is 0 Å². The molecule has 0 spiro atoms. The fourth-order valence-corrected chi connectivity index (χ4v) is 4.24. The Morgan fingerprint density at radius 3 is 2.57 bits per heavy atom. The molecule has 0 bridgehead atoms. The van der Waals surface area contributed by atoms with Crippen molar-refractivity contribution in [3.8, 4) is 0 Å². The molecule has 0 aliphatic carbocycles. The third-order valence-electron chi connectivity index (χ3n) is 3.86. The van der Waals surface area contributed by atoms with E-state index in [4.69, 9.17) is 23.2 Å². The number of rotatable bonds is 5. The lowest BCUT2D eigenvalue weighted by molar-refractivity contribution is 0.464. The molecule has 0 aliphatic heterocycles. The highest BCUT2D eigenvalue weighted by Gasteiger charge is 2.26. The van der Waals surface area contributed by atoms with Crippen LogP contribution in [0.2, 0.25) is 10.0 Å². The monoisotopic (exact) mass is 375 g/mol. The Bertz CT molecular complexity index is 831. The molecule has 0 N–H and O–H groups in total. The molecule has 0 amide bonds. The van der Waals surface area contributed by atoms with Gasteiger partial charge in [0.2, 0.25) is 10.0 Å². The number of sulfonamides is 1. The third kappa shape index (κ3) is 3.40. The van der Waals surface area contributed by atoms with Crippen molar-refractivity contribution in [3.05, 3.63) is 45.2 Å². The molecule has 8 heteroatoms. The molecule has 0 radical (unpaired) electrons. The zero-order valence-corrected chi connectivity index (χ0v) is 15.8. The van der Waals surface area contributed by atoms with Crippen LogP contribution in [-0.4, -0.2) is 29.6 Å². The van der Waals surface area contributed by atoms with Crippen LogP contribution < -0.4 is 0 Å². The molecule has 5 nitrogen and oxygen atoms in total. The number of halogens is 2. The standard InChI is InChI=1S/C15H19Cl2N3O2S/c1-5-13-11(10(2)20(4)18-13)9-19(3)23(21,22)14-8-6-7-12(16)15(14)17/h6-8H,5,9H2,1-4H3. The summed E-state index contributed by atoms with van der Waals surface area (Å²) in [6.07, 6.45) is 0.739. The Morgan fingerprint density at radius 2 is 1.96 bits per heavy atom. The van der Waals surface area contributed by atoms with Crippen LogP contribution >= 0.6 is 23.2 Å². The van der Waals surface area contributed by atoms with Crippen molar-refractivity contribution in [2.45, 2.75) is 31.7 Å². The summed E-state index contributed by atoms with van der Waals surface area (Å²) in [5, 5.41) is 4.67. The summed E-state index contributed by atoms with van der Waals surface area (Å²) < 4.78 is 28.6. The average Bonchev–Trinajstić information content (AvgIpc) is 2.77. The molecule has 0 aliphatic rings. The Labute approximate surface area is 146 Å². The smallest absolute Gasteiger partial charge is 0.244 e. The largest absolute Gasteiger partial charge is 0.272 e. The van der Waals surface area contributed by atoms with Crippen molar-refractivity contribution in [3.63, 3.8) is 0 Å². The minimum Gasteiger partial charge on any atom is -0.272 e. The summed E-state index contributed by atoms with van der Waals surface area (Å²) in [6.45, 7) is 4.15. The summed E-state index contributed by atoms with van der Waals surface area (Å²) in [5.41, 5.74) is 2.75. The number of hydrogen-bond donors (Lipinski definition) is 0. The van der Waals surface area contributed by atoms with Crippen molar-refractivity contribution in [2.24, 2.45) is 7.05 Å². The van der Waals surface area contributed by atoms with Gasteiger partial charge in [0.05, 0.1) is 15.7 Å². The molecule has 0 saturated carbocycles. The Hall–Kier alpha value is -1.08. The second kappa shape index (κ2) is 6.81. The van der Waals surface area contributed by atoms with Crippen LogP contribution in [0.4, 0.5) is 0 Å². The van der Waals surface area contributed by atoms with E-state index >= 15 is 0 Å². The average molecular weight is 376 g/mol. The zero-order chi connectivity index (χ0) is 17.4. The van der Waals surface area contributed by atoms with Gasteiger partial charge in [-0.25, -0.2) is 8.42 Å². The highest BCUT2D eigenvalue weighted by Crippen LogP contribution is 2.31.